The van der Waals surface area contributed by atoms with Crippen molar-refractivity contribution in [2.24, 2.45) is 0 Å². The first-order chi connectivity index (χ1) is 13.3. The molecule has 0 radical (unpaired) electrons. The van der Waals surface area contributed by atoms with Crippen LogP contribution in [-0.4, -0.2) is 31.8 Å². The number of hydrogen-bond donors (Lipinski definition) is 1. The lowest BCUT2D eigenvalue weighted by Crippen LogP contribution is -2.16. The predicted octanol–water partition coefficient (Wildman–Crippen LogP) is 3.83. The fourth-order valence-electron chi connectivity index (χ4n) is 2.51. The SMILES string of the molecule is CC(C)Oc1ccc(S(=O)(=O)Nc2ccc(N(C)c3ccccc3)nn2)cc1. The van der Waals surface area contributed by atoms with Crippen LogP contribution in [0, 0.1) is 0 Å². The van der Waals surface area contributed by atoms with Crippen molar-refractivity contribution in [1.29, 1.82) is 0 Å². The van der Waals surface area contributed by atoms with E-state index in [0.717, 1.165) is 5.69 Å². The molecule has 0 bridgehead atoms. The first-order valence-corrected chi connectivity index (χ1v) is 10.3. The number of rotatable bonds is 7. The lowest BCUT2D eigenvalue weighted by atomic mass is 10.3. The average Bonchev–Trinajstić information content (AvgIpc) is 2.68. The first kappa shape index (κ1) is 19.6. The van der Waals surface area contributed by atoms with Crippen molar-refractivity contribution in [3.8, 4) is 5.75 Å². The summed E-state index contributed by atoms with van der Waals surface area (Å²) in [6.07, 6.45) is 0.0170. The first-order valence-electron chi connectivity index (χ1n) is 8.77. The normalized spacial score (nSPS) is 11.3. The van der Waals surface area contributed by atoms with Crippen molar-refractivity contribution in [3.05, 3.63) is 66.7 Å². The Bertz CT molecular complexity index is 1010. The monoisotopic (exact) mass is 398 g/mol. The summed E-state index contributed by atoms with van der Waals surface area (Å²) in [6.45, 7) is 3.81. The van der Waals surface area contributed by atoms with E-state index >= 15 is 0 Å². The average molecular weight is 398 g/mol. The number of anilines is 3. The van der Waals surface area contributed by atoms with Crippen LogP contribution < -0.4 is 14.4 Å². The highest BCUT2D eigenvalue weighted by atomic mass is 32.2. The van der Waals surface area contributed by atoms with Gasteiger partial charge in [-0.05, 0) is 62.4 Å². The van der Waals surface area contributed by atoms with Crippen LogP contribution in [0.3, 0.4) is 0 Å². The van der Waals surface area contributed by atoms with E-state index in [1.54, 1.807) is 24.3 Å². The molecule has 0 saturated carbocycles. The van der Waals surface area contributed by atoms with Gasteiger partial charge < -0.3 is 9.64 Å². The quantitative estimate of drug-likeness (QED) is 0.651. The number of aromatic nitrogens is 2. The van der Waals surface area contributed by atoms with Crippen LogP contribution in [0.2, 0.25) is 0 Å². The van der Waals surface area contributed by atoms with E-state index in [-0.39, 0.29) is 16.8 Å². The molecule has 0 aliphatic rings. The van der Waals surface area contributed by atoms with E-state index in [1.165, 1.54) is 12.1 Å². The lowest BCUT2D eigenvalue weighted by molar-refractivity contribution is 0.242. The van der Waals surface area contributed by atoms with Crippen LogP contribution in [0.15, 0.2) is 71.6 Å². The van der Waals surface area contributed by atoms with Gasteiger partial charge in [-0.1, -0.05) is 18.2 Å². The molecule has 2 aromatic carbocycles. The van der Waals surface area contributed by atoms with Crippen molar-refractivity contribution >= 4 is 27.3 Å². The minimum absolute atomic E-state index is 0.0170. The second-order valence-corrected chi connectivity index (χ2v) is 8.10. The Kier molecular flexibility index (Phi) is 5.79. The van der Waals surface area contributed by atoms with Gasteiger partial charge in [0.2, 0.25) is 0 Å². The van der Waals surface area contributed by atoms with E-state index in [4.69, 9.17) is 4.74 Å². The van der Waals surface area contributed by atoms with Crippen molar-refractivity contribution in [1.82, 2.24) is 10.2 Å². The minimum Gasteiger partial charge on any atom is -0.491 e. The van der Waals surface area contributed by atoms with Crippen molar-refractivity contribution in [2.75, 3.05) is 16.7 Å². The topological polar surface area (TPSA) is 84.4 Å². The number of benzene rings is 2. The van der Waals surface area contributed by atoms with Crippen LogP contribution in [0.25, 0.3) is 0 Å². The van der Waals surface area contributed by atoms with Crippen molar-refractivity contribution in [2.45, 2.75) is 24.8 Å². The Hall–Kier alpha value is -3.13. The molecule has 1 N–H and O–H groups in total. The largest absolute Gasteiger partial charge is 0.491 e. The van der Waals surface area contributed by atoms with Crippen LogP contribution >= 0.6 is 0 Å². The zero-order chi connectivity index (χ0) is 20.1. The van der Waals surface area contributed by atoms with E-state index in [9.17, 15) is 8.42 Å². The van der Waals surface area contributed by atoms with Gasteiger partial charge in [-0.25, -0.2) is 8.42 Å². The van der Waals surface area contributed by atoms with Gasteiger partial charge in [-0.2, -0.15) is 0 Å². The molecule has 1 heterocycles. The summed E-state index contributed by atoms with van der Waals surface area (Å²) >= 11 is 0. The molecule has 28 heavy (non-hydrogen) atoms. The number of ether oxygens (including phenoxy) is 1. The van der Waals surface area contributed by atoms with E-state index in [1.807, 2.05) is 56.1 Å². The van der Waals surface area contributed by atoms with Crippen LogP contribution in [0.5, 0.6) is 5.75 Å². The van der Waals surface area contributed by atoms with Crippen LogP contribution in [0.4, 0.5) is 17.3 Å². The van der Waals surface area contributed by atoms with Gasteiger partial charge in [0, 0.05) is 12.7 Å². The van der Waals surface area contributed by atoms with Crippen molar-refractivity contribution < 1.29 is 13.2 Å². The fraction of sp³-hybridized carbons (Fsp3) is 0.200. The molecule has 0 spiro atoms. The lowest BCUT2D eigenvalue weighted by Gasteiger charge is -2.17. The zero-order valence-electron chi connectivity index (χ0n) is 15.9. The molecule has 3 aromatic rings. The maximum absolute atomic E-state index is 12.5. The van der Waals surface area contributed by atoms with Gasteiger partial charge in [0.25, 0.3) is 10.0 Å². The van der Waals surface area contributed by atoms with Gasteiger partial charge >= 0.3 is 0 Å². The molecule has 0 amide bonds. The number of para-hydroxylation sites is 1. The summed E-state index contributed by atoms with van der Waals surface area (Å²) in [5.74, 6) is 1.36. The maximum Gasteiger partial charge on any atom is 0.263 e. The third-order valence-corrected chi connectivity index (χ3v) is 5.25. The van der Waals surface area contributed by atoms with Crippen molar-refractivity contribution in [3.63, 3.8) is 0 Å². The zero-order valence-corrected chi connectivity index (χ0v) is 16.7. The predicted molar refractivity (Wildman–Crippen MR) is 110 cm³/mol. The second kappa shape index (κ2) is 8.26. The van der Waals surface area contributed by atoms with Crippen LogP contribution in [-0.2, 0) is 10.0 Å². The third-order valence-electron chi connectivity index (χ3n) is 3.88. The molecule has 1 aromatic heterocycles. The van der Waals surface area contributed by atoms with Gasteiger partial charge in [0.1, 0.15) is 5.75 Å². The summed E-state index contributed by atoms with van der Waals surface area (Å²) in [5, 5.41) is 8.09. The number of nitrogens with zero attached hydrogens (tertiary/aromatic N) is 3. The molecular formula is C20H22N4O3S. The molecule has 146 valence electrons. The Morgan fingerprint density at radius 3 is 2.18 bits per heavy atom. The Labute approximate surface area is 165 Å². The number of sulfonamides is 1. The van der Waals surface area contributed by atoms with Gasteiger partial charge in [0.05, 0.1) is 11.0 Å². The smallest absolute Gasteiger partial charge is 0.263 e. The number of hydrogen-bond acceptors (Lipinski definition) is 6. The summed E-state index contributed by atoms with van der Waals surface area (Å²) in [6, 6.07) is 19.2. The minimum atomic E-state index is -3.77. The molecule has 7 nitrogen and oxygen atoms in total. The Morgan fingerprint density at radius 2 is 1.61 bits per heavy atom. The fourth-order valence-corrected chi connectivity index (χ4v) is 3.50. The molecular weight excluding hydrogens is 376 g/mol. The van der Waals surface area contributed by atoms with Gasteiger partial charge in [-0.3, -0.25) is 4.72 Å². The molecule has 0 atom stereocenters. The van der Waals surface area contributed by atoms with E-state index in [2.05, 4.69) is 14.9 Å². The summed E-state index contributed by atoms with van der Waals surface area (Å²) < 4.78 is 33.1. The third kappa shape index (κ3) is 4.77. The molecule has 3 rings (SSSR count). The summed E-state index contributed by atoms with van der Waals surface area (Å²) in [4.78, 5) is 1.98. The van der Waals surface area contributed by atoms with E-state index in [0.29, 0.717) is 11.6 Å². The molecule has 8 heteroatoms. The molecule has 0 unspecified atom stereocenters. The molecule has 0 aliphatic carbocycles. The molecule has 0 saturated heterocycles. The highest BCUT2D eigenvalue weighted by molar-refractivity contribution is 7.92. The number of nitrogens with one attached hydrogen (secondary N) is 1. The second-order valence-electron chi connectivity index (χ2n) is 6.41. The van der Waals surface area contributed by atoms with Gasteiger partial charge in [0.15, 0.2) is 11.6 Å². The summed E-state index contributed by atoms with van der Waals surface area (Å²) in [7, 11) is -1.90. The molecule has 0 aliphatic heterocycles. The van der Waals surface area contributed by atoms with E-state index < -0.39 is 10.0 Å². The van der Waals surface area contributed by atoms with Crippen LogP contribution in [0.1, 0.15) is 13.8 Å². The summed E-state index contributed by atoms with van der Waals surface area (Å²) in [5.41, 5.74) is 0.953. The standard InChI is InChI=1S/C20H22N4O3S/c1-15(2)27-17-9-11-18(12-10-17)28(25,26)23-19-13-14-20(22-21-19)24(3)16-7-5-4-6-8-16/h4-15H,1-3H3,(H,21,23). The Morgan fingerprint density at radius 1 is 0.929 bits per heavy atom. The highest BCUT2D eigenvalue weighted by Gasteiger charge is 2.16. The highest BCUT2D eigenvalue weighted by Crippen LogP contribution is 2.22. The van der Waals surface area contributed by atoms with Gasteiger partial charge in [-0.15, -0.1) is 10.2 Å². The maximum atomic E-state index is 12.5. The molecule has 0 fully saturated rings. The Balaban J connectivity index is 1.72.